The SMILES string of the molecule is NCC(O)C(O)c1cc(C=O)cc(C=O)c1. The normalized spacial score (nSPS) is 14.2. The number of benzene rings is 1. The Balaban J connectivity index is 3.12. The van der Waals surface area contributed by atoms with Crippen LogP contribution in [0.15, 0.2) is 18.2 Å². The van der Waals surface area contributed by atoms with Crippen LogP contribution in [0.2, 0.25) is 0 Å². The van der Waals surface area contributed by atoms with Crippen LogP contribution in [-0.4, -0.2) is 35.4 Å². The van der Waals surface area contributed by atoms with Crippen molar-refractivity contribution in [3.63, 3.8) is 0 Å². The third kappa shape index (κ3) is 2.73. The highest BCUT2D eigenvalue weighted by Crippen LogP contribution is 2.19. The Morgan fingerprint density at radius 1 is 1.12 bits per heavy atom. The van der Waals surface area contributed by atoms with Crippen LogP contribution >= 0.6 is 0 Å². The van der Waals surface area contributed by atoms with Crippen LogP contribution in [0.4, 0.5) is 0 Å². The maximum Gasteiger partial charge on any atom is 0.150 e. The third-order valence-corrected chi connectivity index (χ3v) is 2.22. The number of hydrogen-bond acceptors (Lipinski definition) is 5. The topological polar surface area (TPSA) is 101 Å². The molecule has 1 rings (SSSR count). The lowest BCUT2D eigenvalue weighted by Crippen LogP contribution is -2.27. The van der Waals surface area contributed by atoms with Gasteiger partial charge in [-0.05, 0) is 23.8 Å². The van der Waals surface area contributed by atoms with Crippen LogP contribution in [0, 0.1) is 0 Å². The van der Waals surface area contributed by atoms with Crippen molar-refractivity contribution in [3.8, 4) is 0 Å². The number of nitrogens with two attached hydrogens (primary N) is 1. The molecular weight excluding hydrogens is 210 g/mol. The van der Waals surface area contributed by atoms with Crippen molar-refractivity contribution in [2.75, 3.05) is 6.54 Å². The average Bonchev–Trinajstić information content (AvgIpc) is 2.35. The minimum atomic E-state index is -1.21. The van der Waals surface area contributed by atoms with Crippen LogP contribution < -0.4 is 5.73 Å². The van der Waals surface area contributed by atoms with Crippen LogP contribution in [0.25, 0.3) is 0 Å². The molecule has 86 valence electrons. The molecule has 0 amide bonds. The van der Waals surface area contributed by atoms with E-state index in [4.69, 9.17) is 5.73 Å². The van der Waals surface area contributed by atoms with Gasteiger partial charge in [0.05, 0.1) is 6.10 Å². The molecule has 0 saturated carbocycles. The van der Waals surface area contributed by atoms with E-state index in [2.05, 4.69) is 0 Å². The molecule has 5 nitrogen and oxygen atoms in total. The van der Waals surface area contributed by atoms with Crippen LogP contribution in [-0.2, 0) is 0 Å². The number of aliphatic hydroxyl groups is 2. The zero-order valence-electron chi connectivity index (χ0n) is 8.54. The van der Waals surface area contributed by atoms with Crippen molar-refractivity contribution in [1.29, 1.82) is 0 Å². The van der Waals surface area contributed by atoms with E-state index >= 15 is 0 Å². The maximum absolute atomic E-state index is 10.6. The van der Waals surface area contributed by atoms with Gasteiger partial charge in [0.2, 0.25) is 0 Å². The highest BCUT2D eigenvalue weighted by atomic mass is 16.3. The molecule has 0 bridgehead atoms. The van der Waals surface area contributed by atoms with Crippen LogP contribution in [0.3, 0.4) is 0 Å². The molecule has 1 aromatic rings. The van der Waals surface area contributed by atoms with E-state index in [0.717, 1.165) is 0 Å². The summed E-state index contributed by atoms with van der Waals surface area (Å²) in [7, 11) is 0. The van der Waals surface area contributed by atoms with E-state index in [0.29, 0.717) is 18.1 Å². The van der Waals surface area contributed by atoms with Crippen molar-refractivity contribution >= 4 is 12.6 Å². The molecule has 5 heteroatoms. The first-order valence-electron chi connectivity index (χ1n) is 4.74. The lowest BCUT2D eigenvalue weighted by atomic mass is 9.99. The second-order valence-corrected chi connectivity index (χ2v) is 3.42. The summed E-state index contributed by atoms with van der Waals surface area (Å²) >= 11 is 0. The largest absolute Gasteiger partial charge is 0.389 e. The second kappa shape index (κ2) is 5.50. The van der Waals surface area contributed by atoms with E-state index in [1.54, 1.807) is 0 Å². The maximum atomic E-state index is 10.6. The molecule has 2 atom stereocenters. The van der Waals surface area contributed by atoms with Gasteiger partial charge in [-0.15, -0.1) is 0 Å². The van der Waals surface area contributed by atoms with Gasteiger partial charge in [0.15, 0.2) is 0 Å². The fourth-order valence-corrected chi connectivity index (χ4v) is 1.36. The summed E-state index contributed by atoms with van der Waals surface area (Å²) in [5.41, 5.74) is 6.03. The highest BCUT2D eigenvalue weighted by Gasteiger charge is 2.17. The number of carbonyl (C=O) groups is 2. The second-order valence-electron chi connectivity index (χ2n) is 3.42. The molecule has 2 unspecified atom stereocenters. The van der Waals surface area contributed by atoms with Gasteiger partial charge in [0, 0.05) is 17.7 Å². The fourth-order valence-electron chi connectivity index (χ4n) is 1.36. The van der Waals surface area contributed by atoms with Crippen molar-refractivity contribution < 1.29 is 19.8 Å². The minimum absolute atomic E-state index is 0.108. The molecule has 0 aliphatic heterocycles. The molecule has 0 fully saturated rings. The van der Waals surface area contributed by atoms with Crippen LogP contribution in [0.5, 0.6) is 0 Å². The molecule has 16 heavy (non-hydrogen) atoms. The monoisotopic (exact) mass is 223 g/mol. The summed E-state index contributed by atoms with van der Waals surface area (Å²) < 4.78 is 0. The van der Waals surface area contributed by atoms with Gasteiger partial charge in [-0.2, -0.15) is 0 Å². The molecule has 0 saturated heterocycles. The summed E-state index contributed by atoms with van der Waals surface area (Å²) in [6.07, 6.45) is -1.19. The molecule has 0 aliphatic carbocycles. The predicted molar refractivity (Wildman–Crippen MR) is 57.2 cm³/mol. The van der Waals surface area contributed by atoms with Gasteiger partial charge in [-0.25, -0.2) is 0 Å². The smallest absolute Gasteiger partial charge is 0.150 e. The van der Waals surface area contributed by atoms with E-state index in [9.17, 15) is 19.8 Å². The zero-order valence-corrected chi connectivity index (χ0v) is 8.54. The quantitative estimate of drug-likeness (QED) is 0.593. The first-order chi connectivity index (χ1) is 7.62. The molecule has 0 aliphatic rings. The van der Waals surface area contributed by atoms with Gasteiger partial charge in [-0.3, -0.25) is 9.59 Å². The summed E-state index contributed by atoms with van der Waals surface area (Å²) in [5.74, 6) is 0. The predicted octanol–water partition coefficient (Wildman–Crippen LogP) is -0.335. The van der Waals surface area contributed by atoms with Gasteiger partial charge < -0.3 is 15.9 Å². The summed E-state index contributed by atoms with van der Waals surface area (Å²) in [6, 6.07) is 4.21. The lowest BCUT2D eigenvalue weighted by molar-refractivity contribution is 0.0243. The van der Waals surface area contributed by atoms with Gasteiger partial charge in [-0.1, -0.05) is 0 Å². The van der Waals surface area contributed by atoms with Gasteiger partial charge in [0.25, 0.3) is 0 Å². The summed E-state index contributed by atoms with van der Waals surface area (Å²) in [6.45, 7) is -0.108. The van der Waals surface area contributed by atoms with Crippen molar-refractivity contribution in [3.05, 3.63) is 34.9 Å². The van der Waals surface area contributed by atoms with Crippen LogP contribution in [0.1, 0.15) is 32.4 Å². The molecule has 1 aromatic carbocycles. The van der Waals surface area contributed by atoms with Crippen molar-refractivity contribution in [2.24, 2.45) is 5.73 Å². The summed E-state index contributed by atoms with van der Waals surface area (Å²) in [5, 5.41) is 19.0. The first kappa shape index (κ1) is 12.5. The number of rotatable bonds is 5. The Morgan fingerprint density at radius 2 is 1.62 bits per heavy atom. The molecular formula is C11H13NO4. The number of hydrogen-bond donors (Lipinski definition) is 3. The van der Waals surface area contributed by atoms with Crippen molar-refractivity contribution in [2.45, 2.75) is 12.2 Å². The standard InChI is InChI=1S/C11H13NO4/c12-4-10(15)11(16)9-2-7(5-13)1-8(3-9)6-14/h1-3,5-6,10-11,15-16H,4,12H2. The molecule has 0 heterocycles. The van der Waals surface area contributed by atoms with E-state index in [1.165, 1.54) is 18.2 Å². The Hall–Kier alpha value is -1.56. The van der Waals surface area contributed by atoms with Crippen molar-refractivity contribution in [1.82, 2.24) is 0 Å². The van der Waals surface area contributed by atoms with Gasteiger partial charge in [0.1, 0.15) is 18.7 Å². The highest BCUT2D eigenvalue weighted by molar-refractivity contribution is 5.82. The number of carbonyl (C=O) groups excluding carboxylic acids is 2. The Bertz CT molecular complexity index is 365. The fraction of sp³-hybridized carbons (Fsp3) is 0.273. The first-order valence-corrected chi connectivity index (χ1v) is 4.74. The molecule has 0 radical (unpaired) electrons. The Labute approximate surface area is 92.5 Å². The number of aliphatic hydroxyl groups excluding tert-OH is 2. The molecule has 0 spiro atoms. The number of aldehydes is 2. The Kier molecular flexibility index (Phi) is 4.30. The van der Waals surface area contributed by atoms with Gasteiger partial charge >= 0.3 is 0 Å². The van der Waals surface area contributed by atoms with E-state index in [-0.39, 0.29) is 17.7 Å². The minimum Gasteiger partial charge on any atom is -0.389 e. The lowest BCUT2D eigenvalue weighted by Gasteiger charge is -2.16. The molecule has 0 aromatic heterocycles. The molecule has 4 N–H and O–H groups in total. The van der Waals surface area contributed by atoms with E-state index < -0.39 is 12.2 Å². The van der Waals surface area contributed by atoms with E-state index in [1.807, 2.05) is 0 Å². The summed E-state index contributed by atoms with van der Waals surface area (Å²) in [4.78, 5) is 21.2. The third-order valence-electron chi connectivity index (χ3n) is 2.22. The average molecular weight is 223 g/mol. The zero-order chi connectivity index (χ0) is 12.1. The Morgan fingerprint density at radius 3 is 2.00 bits per heavy atom.